The Hall–Kier alpha value is -2.52. The number of fused-ring (bicyclic) bond motifs is 4. The highest BCUT2D eigenvalue weighted by Crippen LogP contribution is 2.49. The van der Waals surface area contributed by atoms with Crippen LogP contribution in [0.15, 0.2) is 48.6 Å². The lowest BCUT2D eigenvalue weighted by Gasteiger charge is -2.49. The van der Waals surface area contributed by atoms with Crippen molar-refractivity contribution in [3.05, 3.63) is 70.3 Å². The zero-order chi connectivity index (χ0) is 32.0. The van der Waals surface area contributed by atoms with Gasteiger partial charge in [-0.1, -0.05) is 36.7 Å². The zero-order valence-corrected chi connectivity index (χ0v) is 28.0. The molecule has 0 radical (unpaired) electrons. The van der Waals surface area contributed by atoms with Gasteiger partial charge in [0.25, 0.3) is 5.91 Å². The Kier molecular flexibility index (Phi) is 9.07. The van der Waals surface area contributed by atoms with E-state index in [1.807, 2.05) is 44.2 Å². The molecular formula is C36H47ClN2O5S. The molecule has 6 rings (SSSR count). The van der Waals surface area contributed by atoms with Crippen molar-refractivity contribution < 1.29 is 24.0 Å². The Morgan fingerprint density at radius 3 is 2.78 bits per heavy atom. The molecule has 1 saturated carbocycles. The number of aliphatic hydroxyl groups excluding tert-OH is 1. The van der Waals surface area contributed by atoms with Gasteiger partial charge in [-0.25, -0.2) is 4.21 Å². The van der Waals surface area contributed by atoms with Crippen molar-refractivity contribution >= 4 is 38.8 Å². The zero-order valence-electron chi connectivity index (χ0n) is 26.5. The number of aliphatic hydroxyl groups is 2. The molecule has 4 aliphatic rings. The number of aryl methyl sites for hydroxylation is 1. The van der Waals surface area contributed by atoms with Gasteiger partial charge in [-0.2, -0.15) is 0 Å². The summed E-state index contributed by atoms with van der Waals surface area (Å²) < 4.78 is 23.1. The van der Waals surface area contributed by atoms with Gasteiger partial charge in [0.2, 0.25) is 0 Å². The first kappa shape index (κ1) is 32.4. The van der Waals surface area contributed by atoms with Crippen LogP contribution < -0.4 is 14.4 Å². The molecule has 7 atom stereocenters. The number of carbonyl (C=O) groups is 1. The van der Waals surface area contributed by atoms with E-state index in [0.717, 1.165) is 42.8 Å². The average Bonchev–Trinajstić information content (AvgIpc) is 3.14. The fourth-order valence-electron chi connectivity index (χ4n) is 8.10. The van der Waals surface area contributed by atoms with E-state index in [0.29, 0.717) is 50.3 Å². The summed E-state index contributed by atoms with van der Waals surface area (Å²) in [4.78, 5) is 16.0. The maximum Gasteiger partial charge on any atom is 0.262 e. The van der Waals surface area contributed by atoms with E-state index < -0.39 is 21.2 Å². The van der Waals surface area contributed by atoms with Gasteiger partial charge in [0.15, 0.2) is 0 Å². The number of nitrogens with one attached hydrogen (secondary N) is 1. The summed E-state index contributed by atoms with van der Waals surface area (Å²) in [5, 5.41) is 22.2. The van der Waals surface area contributed by atoms with Crippen LogP contribution in [0.1, 0.15) is 80.3 Å². The number of rotatable bonds is 3. The maximum atomic E-state index is 13.7. The smallest absolute Gasteiger partial charge is 0.262 e. The lowest BCUT2D eigenvalue weighted by atomic mass is 9.63. The molecule has 2 aliphatic heterocycles. The summed E-state index contributed by atoms with van der Waals surface area (Å²) in [6, 6.07) is 11.7. The highest BCUT2D eigenvalue weighted by Gasteiger charge is 2.47. The van der Waals surface area contributed by atoms with E-state index in [9.17, 15) is 19.2 Å². The van der Waals surface area contributed by atoms with Crippen LogP contribution in [0.3, 0.4) is 0 Å². The summed E-state index contributed by atoms with van der Waals surface area (Å²) in [6.07, 6.45) is 10.4. The van der Waals surface area contributed by atoms with Gasteiger partial charge >= 0.3 is 0 Å². The number of nitrogens with zero attached hydrogens (tertiary/aromatic N) is 1. The number of allylic oxidation sites excluding steroid dienone is 1. The lowest BCUT2D eigenvalue weighted by Crippen LogP contribution is -2.52. The van der Waals surface area contributed by atoms with Gasteiger partial charge in [0, 0.05) is 40.9 Å². The molecule has 2 aromatic rings. The Morgan fingerprint density at radius 1 is 1.20 bits per heavy atom. The van der Waals surface area contributed by atoms with E-state index in [2.05, 4.69) is 27.6 Å². The SMILES string of the molecule is C=S1(=O)NC(=O)c2ccc3c(c2)N(C[C@@H]2CC[C@H]2[C@](O)(CCCO)/C=C/C[C@H](C)[C@H]1C)C[C@@]1(CCCc2cc(Cl)ccc21)CO3. The number of hydrogen-bond donors (Lipinski definition) is 3. The first-order chi connectivity index (χ1) is 21.4. The second kappa shape index (κ2) is 12.6. The van der Waals surface area contributed by atoms with E-state index in [4.69, 9.17) is 16.3 Å². The third-order valence-electron chi connectivity index (χ3n) is 11.1. The quantitative estimate of drug-likeness (QED) is 0.291. The van der Waals surface area contributed by atoms with Gasteiger partial charge in [-0.05, 0) is 123 Å². The second-order valence-electron chi connectivity index (χ2n) is 14.0. The maximum absolute atomic E-state index is 13.7. The number of carbonyl (C=O) groups excluding carboxylic acids is 1. The van der Waals surface area contributed by atoms with Crippen molar-refractivity contribution in [1.29, 1.82) is 0 Å². The molecule has 1 amide bonds. The Balaban J connectivity index is 1.44. The standard InChI is InChI=1S/C36H47ClN2O5S/c1-24-7-4-16-36(42,17-6-18-40)31-12-9-28(31)21-39-22-35(15-5-8-26-19-29(37)11-13-30(26)35)23-44-33-14-10-27(20-32(33)39)34(41)38-45(3,43)25(24)2/h4,10-11,13-14,16,19-20,24-25,28,31,40,42H,3,5-9,12,15,17-18,21-23H2,1-2H3,(H,38,41,43)/b16-4+/t24-,25+,28-,31+,35-,36+,45?/m0/s1. The van der Waals surface area contributed by atoms with Crippen molar-refractivity contribution in [1.82, 2.24) is 4.72 Å². The second-order valence-corrected chi connectivity index (χ2v) is 16.9. The number of hydrogen-bond acceptors (Lipinski definition) is 6. The van der Waals surface area contributed by atoms with Crippen molar-refractivity contribution in [2.24, 2.45) is 17.8 Å². The number of halogens is 1. The summed E-state index contributed by atoms with van der Waals surface area (Å²) in [5.74, 6) is 4.48. The molecule has 9 heteroatoms. The van der Waals surface area contributed by atoms with Crippen molar-refractivity contribution in [3.8, 4) is 5.75 Å². The van der Waals surface area contributed by atoms with Gasteiger partial charge in [-0.15, -0.1) is 0 Å². The van der Waals surface area contributed by atoms with Crippen LogP contribution in [-0.2, 0) is 21.5 Å². The highest BCUT2D eigenvalue weighted by molar-refractivity contribution is 7.99. The van der Waals surface area contributed by atoms with Crippen LogP contribution >= 0.6 is 11.6 Å². The van der Waals surface area contributed by atoms with Crippen LogP contribution in [0, 0.1) is 17.8 Å². The molecule has 2 bridgehead atoms. The Bertz CT molecular complexity index is 1580. The fraction of sp³-hybridized carbons (Fsp3) is 0.556. The van der Waals surface area contributed by atoms with E-state index in [-0.39, 0.29) is 35.0 Å². The predicted octanol–water partition coefficient (Wildman–Crippen LogP) is 5.69. The molecule has 1 spiro atoms. The molecule has 1 fully saturated rings. The molecule has 244 valence electrons. The molecule has 0 saturated heterocycles. The van der Waals surface area contributed by atoms with Gasteiger partial charge in [-0.3, -0.25) is 9.52 Å². The molecule has 0 aromatic heterocycles. The first-order valence-electron chi connectivity index (χ1n) is 16.4. The lowest BCUT2D eigenvalue weighted by molar-refractivity contribution is -0.0536. The molecule has 3 N–H and O–H groups in total. The van der Waals surface area contributed by atoms with Crippen LogP contribution in [0.25, 0.3) is 0 Å². The number of amides is 1. The fourth-order valence-corrected chi connectivity index (χ4v) is 9.77. The molecule has 2 aromatic carbocycles. The van der Waals surface area contributed by atoms with Gasteiger partial charge < -0.3 is 19.8 Å². The minimum Gasteiger partial charge on any atom is -0.490 e. The van der Waals surface area contributed by atoms with Crippen molar-refractivity contribution in [3.63, 3.8) is 0 Å². The van der Waals surface area contributed by atoms with Gasteiger partial charge in [0.05, 0.1) is 27.6 Å². The van der Waals surface area contributed by atoms with E-state index in [1.165, 1.54) is 11.1 Å². The minimum absolute atomic E-state index is 0.0236. The number of benzene rings is 2. The molecular weight excluding hydrogens is 608 g/mol. The molecule has 2 heterocycles. The van der Waals surface area contributed by atoms with Crippen molar-refractivity contribution in [2.75, 3.05) is 31.2 Å². The Morgan fingerprint density at radius 2 is 2.02 bits per heavy atom. The summed E-state index contributed by atoms with van der Waals surface area (Å²) in [7, 11) is -2.97. The number of anilines is 1. The van der Waals surface area contributed by atoms with E-state index >= 15 is 0 Å². The third kappa shape index (κ3) is 6.28. The molecule has 7 nitrogen and oxygen atoms in total. The highest BCUT2D eigenvalue weighted by atomic mass is 35.5. The largest absolute Gasteiger partial charge is 0.490 e. The summed E-state index contributed by atoms with van der Waals surface area (Å²) >= 11 is 6.43. The molecule has 45 heavy (non-hydrogen) atoms. The van der Waals surface area contributed by atoms with Crippen LogP contribution in [-0.4, -0.2) is 63.4 Å². The normalized spacial score (nSPS) is 35.7. The molecule has 2 aliphatic carbocycles. The predicted molar refractivity (Wildman–Crippen MR) is 183 cm³/mol. The first-order valence-corrected chi connectivity index (χ1v) is 18.6. The topological polar surface area (TPSA) is 99.1 Å². The Labute approximate surface area is 273 Å². The van der Waals surface area contributed by atoms with Gasteiger partial charge in [0.1, 0.15) is 5.75 Å². The van der Waals surface area contributed by atoms with Crippen LogP contribution in [0.5, 0.6) is 5.75 Å². The monoisotopic (exact) mass is 654 g/mol. The van der Waals surface area contributed by atoms with Crippen LogP contribution in [0.2, 0.25) is 5.02 Å². The average molecular weight is 655 g/mol. The third-order valence-corrected chi connectivity index (χ3v) is 13.6. The van der Waals surface area contributed by atoms with Crippen LogP contribution in [0.4, 0.5) is 5.69 Å². The van der Waals surface area contributed by atoms with E-state index in [1.54, 1.807) is 6.07 Å². The number of ether oxygens (including phenoxy) is 1. The minimum atomic E-state index is -2.97. The summed E-state index contributed by atoms with van der Waals surface area (Å²) in [6.45, 7) is 5.79. The van der Waals surface area contributed by atoms with Crippen molar-refractivity contribution in [2.45, 2.75) is 81.5 Å². The molecule has 1 unspecified atom stereocenters. The summed E-state index contributed by atoms with van der Waals surface area (Å²) in [5.41, 5.74) is 2.47.